The van der Waals surface area contributed by atoms with Gasteiger partial charge in [-0.05, 0) is 12.1 Å². The third kappa shape index (κ3) is 3.02. The molecular formula is C15H16FN3O4. The lowest BCUT2D eigenvalue weighted by Crippen LogP contribution is -2.43. The number of morpholine rings is 1. The van der Waals surface area contributed by atoms with Crippen molar-refractivity contribution in [2.45, 2.75) is 13.0 Å². The van der Waals surface area contributed by atoms with E-state index in [4.69, 9.17) is 13.9 Å². The van der Waals surface area contributed by atoms with Gasteiger partial charge in [-0.2, -0.15) is 0 Å². The molecule has 122 valence electrons. The summed E-state index contributed by atoms with van der Waals surface area (Å²) in [6, 6.07) is 3.60. The predicted octanol–water partition coefficient (Wildman–Crippen LogP) is 1.74. The highest BCUT2D eigenvalue weighted by atomic mass is 19.1. The Kier molecular flexibility index (Phi) is 4.24. The lowest BCUT2D eigenvalue weighted by molar-refractivity contribution is -0.0108. The average molecular weight is 321 g/mol. The van der Waals surface area contributed by atoms with Gasteiger partial charge in [0.25, 0.3) is 5.91 Å². The van der Waals surface area contributed by atoms with Crippen LogP contribution in [0.3, 0.4) is 0 Å². The van der Waals surface area contributed by atoms with E-state index in [1.54, 1.807) is 13.0 Å². The van der Waals surface area contributed by atoms with Crippen LogP contribution in [-0.4, -0.2) is 47.9 Å². The lowest BCUT2D eigenvalue weighted by Gasteiger charge is -2.33. The minimum absolute atomic E-state index is 0.0334. The van der Waals surface area contributed by atoms with Crippen LogP contribution in [0, 0.1) is 12.7 Å². The molecule has 1 aliphatic heterocycles. The molecule has 3 rings (SSSR count). The van der Waals surface area contributed by atoms with E-state index in [1.165, 1.54) is 24.1 Å². The number of nitrogens with zero attached hydrogens (tertiary/aromatic N) is 3. The maximum Gasteiger partial charge on any atom is 0.257 e. The number of amides is 1. The van der Waals surface area contributed by atoms with Gasteiger partial charge in [0.15, 0.2) is 0 Å². The lowest BCUT2D eigenvalue weighted by atomic mass is 10.1. The maximum absolute atomic E-state index is 14.2. The Morgan fingerprint density at radius 2 is 2.26 bits per heavy atom. The van der Waals surface area contributed by atoms with Crippen LogP contribution in [0.4, 0.5) is 4.39 Å². The quantitative estimate of drug-likeness (QED) is 0.857. The number of hydrogen-bond donors (Lipinski definition) is 0. The molecule has 1 saturated heterocycles. The third-order valence-corrected chi connectivity index (χ3v) is 3.62. The van der Waals surface area contributed by atoms with Crippen LogP contribution in [-0.2, 0) is 4.74 Å². The predicted molar refractivity (Wildman–Crippen MR) is 76.6 cm³/mol. The Labute approximate surface area is 132 Å². The topological polar surface area (TPSA) is 77.7 Å². The van der Waals surface area contributed by atoms with Crippen LogP contribution < -0.4 is 4.74 Å². The first-order valence-corrected chi connectivity index (χ1v) is 7.12. The number of benzene rings is 1. The number of methoxy groups -OCH3 is 1. The van der Waals surface area contributed by atoms with Crippen molar-refractivity contribution < 1.29 is 23.1 Å². The summed E-state index contributed by atoms with van der Waals surface area (Å²) in [7, 11) is 1.44. The second kappa shape index (κ2) is 6.33. The van der Waals surface area contributed by atoms with Gasteiger partial charge in [0, 0.05) is 19.5 Å². The van der Waals surface area contributed by atoms with Crippen molar-refractivity contribution >= 4 is 5.91 Å². The highest BCUT2D eigenvalue weighted by Gasteiger charge is 2.34. The number of carbonyl (C=O) groups is 1. The molecule has 0 N–H and O–H groups in total. The Morgan fingerprint density at radius 1 is 1.43 bits per heavy atom. The number of ether oxygens (including phenoxy) is 2. The van der Waals surface area contributed by atoms with Gasteiger partial charge in [0.05, 0.1) is 25.9 Å². The van der Waals surface area contributed by atoms with Gasteiger partial charge in [-0.15, -0.1) is 10.2 Å². The number of aromatic nitrogens is 2. The highest BCUT2D eigenvalue weighted by molar-refractivity contribution is 5.95. The molecule has 0 unspecified atom stereocenters. The summed E-state index contributed by atoms with van der Waals surface area (Å²) < 4.78 is 29.9. The van der Waals surface area contributed by atoms with Gasteiger partial charge in [0.2, 0.25) is 11.8 Å². The molecule has 2 aromatic rings. The Morgan fingerprint density at radius 3 is 2.91 bits per heavy atom. The van der Waals surface area contributed by atoms with Gasteiger partial charge in [-0.3, -0.25) is 4.79 Å². The number of carbonyl (C=O) groups excluding carboxylic acids is 1. The van der Waals surface area contributed by atoms with Gasteiger partial charge in [-0.1, -0.05) is 0 Å². The zero-order valence-corrected chi connectivity index (χ0v) is 12.8. The van der Waals surface area contributed by atoms with Crippen molar-refractivity contribution in [2.24, 2.45) is 0 Å². The molecule has 0 spiro atoms. The average Bonchev–Trinajstić information content (AvgIpc) is 3.00. The minimum atomic E-state index is -0.638. The smallest absolute Gasteiger partial charge is 0.257 e. The molecule has 0 bridgehead atoms. The fraction of sp³-hybridized carbons (Fsp3) is 0.400. The SMILES string of the molecule is COc1ccc(C(=O)N2CCOC[C@@H]2c2nnc(C)o2)c(F)c1. The first-order chi connectivity index (χ1) is 11.1. The summed E-state index contributed by atoms with van der Waals surface area (Å²) in [5.41, 5.74) is -0.0334. The standard InChI is InChI=1S/C15H16FN3O4/c1-9-17-18-14(23-9)13-8-22-6-5-19(13)15(20)11-4-3-10(21-2)7-12(11)16/h3-4,7,13H,5-6,8H2,1-2H3/t13-/m1/s1. The maximum atomic E-state index is 14.2. The summed E-state index contributed by atoms with van der Waals surface area (Å²) in [6.45, 7) is 2.57. The summed E-state index contributed by atoms with van der Waals surface area (Å²) in [4.78, 5) is 14.2. The van der Waals surface area contributed by atoms with E-state index < -0.39 is 17.8 Å². The van der Waals surface area contributed by atoms with Gasteiger partial charge in [-0.25, -0.2) is 4.39 Å². The van der Waals surface area contributed by atoms with Gasteiger partial charge in [0.1, 0.15) is 17.6 Å². The van der Waals surface area contributed by atoms with E-state index in [9.17, 15) is 9.18 Å². The first-order valence-electron chi connectivity index (χ1n) is 7.12. The van der Waals surface area contributed by atoms with E-state index >= 15 is 0 Å². The molecule has 8 heteroatoms. The largest absolute Gasteiger partial charge is 0.497 e. The van der Waals surface area contributed by atoms with E-state index in [2.05, 4.69) is 10.2 Å². The molecule has 1 aromatic carbocycles. The number of halogens is 1. The molecule has 1 fully saturated rings. The van der Waals surface area contributed by atoms with E-state index in [0.717, 1.165) is 0 Å². The second-order valence-corrected chi connectivity index (χ2v) is 5.09. The second-order valence-electron chi connectivity index (χ2n) is 5.09. The van der Waals surface area contributed by atoms with Gasteiger partial charge < -0.3 is 18.8 Å². The molecule has 1 aliphatic rings. The molecule has 7 nitrogen and oxygen atoms in total. The fourth-order valence-corrected chi connectivity index (χ4v) is 2.45. The first kappa shape index (κ1) is 15.4. The molecule has 0 aliphatic carbocycles. The molecule has 2 heterocycles. The summed E-state index contributed by atoms with van der Waals surface area (Å²) in [5, 5.41) is 7.71. The summed E-state index contributed by atoms with van der Waals surface area (Å²) >= 11 is 0. The zero-order chi connectivity index (χ0) is 16.4. The van der Waals surface area contributed by atoms with Gasteiger partial charge >= 0.3 is 0 Å². The minimum Gasteiger partial charge on any atom is -0.497 e. The van der Waals surface area contributed by atoms with Crippen LogP contribution >= 0.6 is 0 Å². The highest BCUT2D eigenvalue weighted by Crippen LogP contribution is 2.26. The zero-order valence-electron chi connectivity index (χ0n) is 12.8. The van der Waals surface area contributed by atoms with Crippen LogP contribution in [0.5, 0.6) is 5.75 Å². The monoisotopic (exact) mass is 321 g/mol. The van der Waals surface area contributed by atoms with Crippen molar-refractivity contribution in [1.29, 1.82) is 0 Å². The summed E-state index contributed by atoms with van der Waals surface area (Å²) in [6.07, 6.45) is 0. The van der Waals surface area contributed by atoms with Crippen LogP contribution in [0.15, 0.2) is 22.6 Å². The van der Waals surface area contributed by atoms with Crippen molar-refractivity contribution in [1.82, 2.24) is 15.1 Å². The van der Waals surface area contributed by atoms with E-state index in [1.807, 2.05) is 0 Å². The van der Waals surface area contributed by atoms with Crippen molar-refractivity contribution in [2.75, 3.05) is 26.9 Å². The van der Waals surface area contributed by atoms with E-state index in [0.29, 0.717) is 24.8 Å². The van der Waals surface area contributed by atoms with Crippen molar-refractivity contribution in [3.63, 3.8) is 0 Å². The molecule has 1 atom stereocenters. The molecule has 23 heavy (non-hydrogen) atoms. The Bertz CT molecular complexity index is 718. The van der Waals surface area contributed by atoms with Crippen molar-refractivity contribution in [3.8, 4) is 5.75 Å². The Balaban J connectivity index is 1.89. The number of hydrogen-bond acceptors (Lipinski definition) is 6. The molecular weight excluding hydrogens is 305 g/mol. The van der Waals surface area contributed by atoms with Crippen molar-refractivity contribution in [3.05, 3.63) is 41.4 Å². The number of rotatable bonds is 3. The molecule has 1 amide bonds. The third-order valence-electron chi connectivity index (χ3n) is 3.62. The van der Waals surface area contributed by atoms with Crippen LogP contribution in [0.25, 0.3) is 0 Å². The number of aryl methyl sites for hydroxylation is 1. The normalized spacial score (nSPS) is 18.0. The summed E-state index contributed by atoms with van der Waals surface area (Å²) in [5.74, 6) is -0.0567. The van der Waals surface area contributed by atoms with Crippen LogP contribution in [0.2, 0.25) is 0 Å². The molecule has 0 radical (unpaired) electrons. The van der Waals surface area contributed by atoms with E-state index in [-0.39, 0.29) is 18.1 Å². The van der Waals surface area contributed by atoms with Crippen LogP contribution in [0.1, 0.15) is 28.2 Å². The fourth-order valence-electron chi connectivity index (χ4n) is 2.45. The molecule has 0 saturated carbocycles. The molecule has 1 aromatic heterocycles. The Hall–Kier alpha value is -2.48.